The van der Waals surface area contributed by atoms with Gasteiger partial charge in [-0.25, -0.2) is 0 Å². The molecule has 1 N–H and O–H groups in total. The van der Waals surface area contributed by atoms with Crippen LogP contribution < -0.4 is 0 Å². The molecule has 0 bridgehead atoms. The molecular formula is C17H36O. The van der Waals surface area contributed by atoms with E-state index in [9.17, 15) is 5.11 Å². The van der Waals surface area contributed by atoms with Gasteiger partial charge in [0.05, 0.1) is 6.10 Å². The largest absolute Gasteiger partial charge is 0.393 e. The Balaban J connectivity index is 3.45. The SMILES string of the molecule is CCCCCCCCCC(O)CC(C)C(C)(C)C. The van der Waals surface area contributed by atoms with Crippen LogP contribution in [0.4, 0.5) is 0 Å². The van der Waals surface area contributed by atoms with Gasteiger partial charge in [0, 0.05) is 0 Å². The second kappa shape index (κ2) is 9.83. The van der Waals surface area contributed by atoms with Crippen LogP contribution in [0.15, 0.2) is 0 Å². The highest BCUT2D eigenvalue weighted by Gasteiger charge is 2.22. The molecule has 0 saturated carbocycles. The van der Waals surface area contributed by atoms with Gasteiger partial charge in [0.2, 0.25) is 0 Å². The minimum atomic E-state index is -0.0881. The lowest BCUT2D eigenvalue weighted by Crippen LogP contribution is -2.22. The van der Waals surface area contributed by atoms with E-state index in [1.165, 1.54) is 44.9 Å². The summed E-state index contributed by atoms with van der Waals surface area (Å²) in [5, 5.41) is 10.0. The Labute approximate surface area is 115 Å². The summed E-state index contributed by atoms with van der Waals surface area (Å²) in [4.78, 5) is 0. The Morgan fingerprint density at radius 1 is 0.889 bits per heavy atom. The van der Waals surface area contributed by atoms with E-state index in [4.69, 9.17) is 0 Å². The van der Waals surface area contributed by atoms with Crippen LogP contribution in [0.2, 0.25) is 0 Å². The van der Waals surface area contributed by atoms with Crippen LogP contribution in [-0.4, -0.2) is 11.2 Å². The van der Waals surface area contributed by atoms with Gasteiger partial charge in [-0.05, 0) is 24.2 Å². The molecule has 0 aliphatic rings. The van der Waals surface area contributed by atoms with Crippen molar-refractivity contribution < 1.29 is 5.11 Å². The summed E-state index contributed by atoms with van der Waals surface area (Å²) < 4.78 is 0. The molecule has 0 rings (SSSR count). The molecule has 0 heterocycles. The van der Waals surface area contributed by atoms with Crippen molar-refractivity contribution in [3.63, 3.8) is 0 Å². The topological polar surface area (TPSA) is 20.2 Å². The van der Waals surface area contributed by atoms with Crippen molar-refractivity contribution in [1.29, 1.82) is 0 Å². The molecule has 2 unspecified atom stereocenters. The molecule has 0 aliphatic carbocycles. The Kier molecular flexibility index (Phi) is 9.81. The van der Waals surface area contributed by atoms with Gasteiger partial charge in [-0.2, -0.15) is 0 Å². The lowest BCUT2D eigenvalue weighted by molar-refractivity contribution is 0.101. The Bertz CT molecular complexity index is 181. The first kappa shape index (κ1) is 18.0. The summed E-state index contributed by atoms with van der Waals surface area (Å²) in [7, 11) is 0. The second-order valence-corrected chi connectivity index (χ2v) is 7.07. The number of rotatable bonds is 10. The molecule has 0 saturated heterocycles. The van der Waals surface area contributed by atoms with E-state index in [1.807, 2.05) is 0 Å². The summed E-state index contributed by atoms with van der Waals surface area (Å²) in [6.07, 6.45) is 11.2. The maximum atomic E-state index is 10.0. The van der Waals surface area contributed by atoms with Crippen molar-refractivity contribution in [2.75, 3.05) is 0 Å². The van der Waals surface area contributed by atoms with E-state index in [0.29, 0.717) is 11.3 Å². The molecule has 2 atom stereocenters. The standard InChI is InChI=1S/C17H36O/c1-6-7-8-9-10-11-12-13-16(18)14-15(2)17(3,4)5/h15-16,18H,6-14H2,1-5H3. The lowest BCUT2D eigenvalue weighted by Gasteiger charge is -2.29. The smallest absolute Gasteiger partial charge is 0.0543 e. The third kappa shape index (κ3) is 9.94. The van der Waals surface area contributed by atoms with Crippen molar-refractivity contribution >= 4 is 0 Å². The zero-order chi connectivity index (χ0) is 14.0. The summed E-state index contributed by atoms with van der Waals surface area (Å²) in [5.74, 6) is 0.594. The molecule has 18 heavy (non-hydrogen) atoms. The third-order valence-electron chi connectivity index (χ3n) is 4.24. The normalized spacial score (nSPS) is 15.7. The predicted molar refractivity (Wildman–Crippen MR) is 81.9 cm³/mol. The Morgan fingerprint density at radius 3 is 1.89 bits per heavy atom. The first-order chi connectivity index (χ1) is 8.38. The van der Waals surface area contributed by atoms with Crippen molar-refractivity contribution in [2.45, 2.75) is 98.5 Å². The van der Waals surface area contributed by atoms with Crippen LogP contribution in [0.3, 0.4) is 0 Å². The van der Waals surface area contributed by atoms with Gasteiger partial charge in [0.25, 0.3) is 0 Å². The quantitative estimate of drug-likeness (QED) is 0.507. The minimum absolute atomic E-state index is 0.0881. The first-order valence-corrected chi connectivity index (χ1v) is 8.06. The molecule has 0 amide bonds. The van der Waals surface area contributed by atoms with Crippen molar-refractivity contribution in [3.8, 4) is 0 Å². The van der Waals surface area contributed by atoms with Gasteiger partial charge in [-0.15, -0.1) is 0 Å². The van der Waals surface area contributed by atoms with Gasteiger partial charge in [0.15, 0.2) is 0 Å². The number of aliphatic hydroxyl groups is 1. The molecule has 0 aromatic rings. The number of aliphatic hydroxyl groups excluding tert-OH is 1. The zero-order valence-corrected chi connectivity index (χ0v) is 13.5. The van der Waals surface area contributed by atoms with E-state index in [1.54, 1.807) is 0 Å². The van der Waals surface area contributed by atoms with E-state index in [2.05, 4.69) is 34.6 Å². The fourth-order valence-corrected chi connectivity index (χ4v) is 2.22. The average molecular weight is 256 g/mol. The predicted octanol–water partition coefficient (Wildman–Crippen LogP) is 5.56. The molecule has 110 valence electrons. The van der Waals surface area contributed by atoms with E-state index in [-0.39, 0.29) is 6.10 Å². The van der Waals surface area contributed by atoms with Crippen LogP contribution in [0, 0.1) is 11.3 Å². The van der Waals surface area contributed by atoms with Crippen LogP contribution in [-0.2, 0) is 0 Å². The van der Waals surface area contributed by atoms with E-state index >= 15 is 0 Å². The molecule has 0 aromatic carbocycles. The molecule has 1 nitrogen and oxygen atoms in total. The molecule has 0 aromatic heterocycles. The Hall–Kier alpha value is -0.0400. The fourth-order valence-electron chi connectivity index (χ4n) is 2.22. The Morgan fingerprint density at radius 2 is 1.39 bits per heavy atom. The van der Waals surface area contributed by atoms with Crippen molar-refractivity contribution in [3.05, 3.63) is 0 Å². The van der Waals surface area contributed by atoms with Crippen molar-refractivity contribution in [2.24, 2.45) is 11.3 Å². The minimum Gasteiger partial charge on any atom is -0.393 e. The highest BCUT2D eigenvalue weighted by Crippen LogP contribution is 2.29. The average Bonchev–Trinajstić information content (AvgIpc) is 2.26. The van der Waals surface area contributed by atoms with E-state index < -0.39 is 0 Å². The summed E-state index contributed by atoms with van der Waals surface area (Å²) in [6, 6.07) is 0. The van der Waals surface area contributed by atoms with Gasteiger partial charge in [-0.3, -0.25) is 0 Å². The number of unbranched alkanes of at least 4 members (excludes halogenated alkanes) is 6. The molecule has 0 aliphatic heterocycles. The number of hydrogen-bond acceptors (Lipinski definition) is 1. The van der Waals surface area contributed by atoms with Gasteiger partial charge < -0.3 is 5.11 Å². The summed E-state index contributed by atoms with van der Waals surface area (Å²) in [5.41, 5.74) is 0.321. The summed E-state index contributed by atoms with van der Waals surface area (Å²) >= 11 is 0. The van der Waals surface area contributed by atoms with Crippen LogP contribution in [0.5, 0.6) is 0 Å². The molecule has 0 spiro atoms. The monoisotopic (exact) mass is 256 g/mol. The van der Waals surface area contributed by atoms with Gasteiger partial charge in [0.1, 0.15) is 0 Å². The van der Waals surface area contributed by atoms with Crippen molar-refractivity contribution in [1.82, 2.24) is 0 Å². The van der Waals surface area contributed by atoms with Crippen LogP contribution >= 0.6 is 0 Å². The molecule has 0 radical (unpaired) electrons. The first-order valence-electron chi connectivity index (χ1n) is 8.06. The number of hydrogen-bond donors (Lipinski definition) is 1. The third-order valence-corrected chi connectivity index (χ3v) is 4.24. The van der Waals surface area contributed by atoms with Crippen LogP contribution in [0.1, 0.15) is 92.4 Å². The molecule has 1 heteroatoms. The molecule has 0 fully saturated rings. The van der Waals surface area contributed by atoms with E-state index in [0.717, 1.165) is 12.8 Å². The van der Waals surface area contributed by atoms with Gasteiger partial charge in [-0.1, -0.05) is 79.6 Å². The maximum Gasteiger partial charge on any atom is 0.0543 e. The molecular weight excluding hydrogens is 220 g/mol. The second-order valence-electron chi connectivity index (χ2n) is 7.07. The van der Waals surface area contributed by atoms with Crippen LogP contribution in [0.25, 0.3) is 0 Å². The fraction of sp³-hybridized carbons (Fsp3) is 1.00. The maximum absolute atomic E-state index is 10.0. The zero-order valence-electron chi connectivity index (χ0n) is 13.5. The van der Waals surface area contributed by atoms with Gasteiger partial charge >= 0.3 is 0 Å². The highest BCUT2D eigenvalue weighted by molar-refractivity contribution is 4.73. The highest BCUT2D eigenvalue weighted by atomic mass is 16.3. The lowest BCUT2D eigenvalue weighted by atomic mass is 9.78. The summed E-state index contributed by atoms with van der Waals surface area (Å²) in [6.45, 7) is 11.3.